The summed E-state index contributed by atoms with van der Waals surface area (Å²) in [5.41, 5.74) is 1.65. The second-order valence-corrected chi connectivity index (χ2v) is 7.52. The van der Waals surface area contributed by atoms with Gasteiger partial charge in [-0.3, -0.25) is 4.79 Å². The lowest BCUT2D eigenvalue weighted by molar-refractivity contribution is -0.116. The maximum Gasteiger partial charge on any atom is 0.241 e. The highest BCUT2D eigenvalue weighted by Gasteiger charge is 2.23. The molecule has 0 aliphatic carbocycles. The Morgan fingerprint density at radius 3 is 2.88 bits per heavy atom. The van der Waals surface area contributed by atoms with Crippen molar-refractivity contribution in [1.29, 1.82) is 0 Å². The Hall–Kier alpha value is -2.19. The molecule has 1 aromatic carbocycles. The number of oxazole rings is 1. The normalized spacial score (nSPS) is 14.5. The third-order valence-corrected chi connectivity index (χ3v) is 5.35. The van der Waals surface area contributed by atoms with Crippen LogP contribution < -0.4 is 9.62 Å². The van der Waals surface area contributed by atoms with E-state index in [2.05, 4.69) is 9.71 Å². The average molecular weight is 349 g/mol. The second-order valence-electron chi connectivity index (χ2n) is 5.75. The van der Waals surface area contributed by atoms with Crippen LogP contribution in [0.3, 0.4) is 0 Å². The van der Waals surface area contributed by atoms with Crippen LogP contribution in [-0.2, 0) is 27.8 Å². The van der Waals surface area contributed by atoms with E-state index in [0.717, 1.165) is 18.4 Å². The first-order chi connectivity index (χ1) is 11.4. The molecule has 1 amide bonds. The summed E-state index contributed by atoms with van der Waals surface area (Å²) in [5, 5.41) is 0. The van der Waals surface area contributed by atoms with Gasteiger partial charge in [0.05, 0.1) is 17.6 Å². The van der Waals surface area contributed by atoms with Crippen molar-refractivity contribution in [2.75, 3.05) is 11.4 Å². The number of sulfonamides is 1. The van der Waals surface area contributed by atoms with E-state index in [1.165, 1.54) is 13.1 Å². The van der Waals surface area contributed by atoms with Gasteiger partial charge in [-0.05, 0) is 37.5 Å². The van der Waals surface area contributed by atoms with E-state index < -0.39 is 10.0 Å². The van der Waals surface area contributed by atoms with Crippen LogP contribution in [0.15, 0.2) is 33.7 Å². The first-order valence-electron chi connectivity index (χ1n) is 7.69. The molecule has 3 rings (SSSR count). The monoisotopic (exact) mass is 349 g/mol. The number of anilines is 1. The molecule has 0 radical (unpaired) electrons. The van der Waals surface area contributed by atoms with E-state index in [-0.39, 0.29) is 17.3 Å². The zero-order valence-electron chi connectivity index (χ0n) is 13.6. The lowest BCUT2D eigenvalue weighted by atomic mass is 10.0. The Morgan fingerprint density at radius 2 is 2.21 bits per heavy atom. The SMILES string of the molecule is CC(=O)N1CCCc2ccc(S(=O)(=O)NCc3ncc(C)o3)cc21. The zero-order chi connectivity index (χ0) is 17.3. The third-order valence-electron chi connectivity index (χ3n) is 3.95. The summed E-state index contributed by atoms with van der Waals surface area (Å²) in [6.45, 7) is 3.81. The van der Waals surface area contributed by atoms with Gasteiger partial charge in [0.25, 0.3) is 0 Å². The predicted octanol–water partition coefficient (Wildman–Crippen LogP) is 1.76. The van der Waals surface area contributed by atoms with Gasteiger partial charge < -0.3 is 9.32 Å². The van der Waals surface area contributed by atoms with Crippen LogP contribution in [0.5, 0.6) is 0 Å². The van der Waals surface area contributed by atoms with Gasteiger partial charge in [-0.25, -0.2) is 18.1 Å². The molecule has 1 aliphatic rings. The Morgan fingerprint density at radius 1 is 1.42 bits per heavy atom. The van der Waals surface area contributed by atoms with Gasteiger partial charge in [-0.1, -0.05) is 6.07 Å². The van der Waals surface area contributed by atoms with E-state index in [1.807, 2.05) is 0 Å². The molecule has 1 aromatic heterocycles. The summed E-state index contributed by atoms with van der Waals surface area (Å²) in [4.78, 5) is 17.5. The molecule has 0 atom stereocenters. The summed E-state index contributed by atoms with van der Waals surface area (Å²) in [7, 11) is -3.72. The van der Waals surface area contributed by atoms with E-state index >= 15 is 0 Å². The summed E-state index contributed by atoms with van der Waals surface area (Å²) in [5.74, 6) is 0.836. The number of rotatable bonds is 4. The molecule has 24 heavy (non-hydrogen) atoms. The second kappa shape index (κ2) is 6.37. The van der Waals surface area contributed by atoms with E-state index in [1.54, 1.807) is 30.0 Å². The summed E-state index contributed by atoms with van der Waals surface area (Å²) in [6.07, 6.45) is 3.25. The summed E-state index contributed by atoms with van der Waals surface area (Å²) < 4.78 is 32.7. The molecular weight excluding hydrogens is 330 g/mol. The number of hydrogen-bond acceptors (Lipinski definition) is 5. The van der Waals surface area contributed by atoms with Crippen molar-refractivity contribution < 1.29 is 17.6 Å². The van der Waals surface area contributed by atoms with E-state index in [4.69, 9.17) is 4.42 Å². The van der Waals surface area contributed by atoms with Gasteiger partial charge in [0.1, 0.15) is 5.76 Å². The van der Waals surface area contributed by atoms with E-state index in [0.29, 0.717) is 23.9 Å². The van der Waals surface area contributed by atoms with Crippen LogP contribution in [0.4, 0.5) is 5.69 Å². The number of nitrogens with zero attached hydrogens (tertiary/aromatic N) is 2. The van der Waals surface area contributed by atoms with E-state index in [9.17, 15) is 13.2 Å². The standard InChI is InChI=1S/C16H19N3O4S/c1-11-9-17-16(23-11)10-18-24(21,22)14-6-5-13-4-3-7-19(12(2)20)15(13)8-14/h5-6,8-9,18H,3-4,7,10H2,1-2H3. The number of nitrogens with one attached hydrogen (secondary N) is 1. The van der Waals surface area contributed by atoms with Crippen LogP contribution in [0.2, 0.25) is 0 Å². The van der Waals surface area contributed by atoms with Gasteiger partial charge in [-0.2, -0.15) is 0 Å². The maximum absolute atomic E-state index is 12.5. The number of aromatic nitrogens is 1. The van der Waals surface area contributed by atoms with Crippen molar-refractivity contribution in [3.63, 3.8) is 0 Å². The summed E-state index contributed by atoms with van der Waals surface area (Å²) >= 11 is 0. The molecule has 2 heterocycles. The van der Waals surface area contributed by atoms with Gasteiger partial charge in [-0.15, -0.1) is 0 Å². The first kappa shape index (κ1) is 16.7. The number of aryl methyl sites for hydroxylation is 2. The molecule has 0 spiro atoms. The minimum atomic E-state index is -3.72. The van der Waals surface area contributed by atoms with Crippen molar-refractivity contribution >= 4 is 21.6 Å². The fourth-order valence-electron chi connectivity index (χ4n) is 2.77. The van der Waals surface area contributed by atoms with Crippen LogP contribution in [0, 0.1) is 6.92 Å². The largest absolute Gasteiger partial charge is 0.445 e. The van der Waals surface area contributed by atoms with Crippen LogP contribution >= 0.6 is 0 Å². The quantitative estimate of drug-likeness (QED) is 0.908. The number of fused-ring (bicyclic) bond motifs is 1. The molecule has 0 saturated carbocycles. The summed E-state index contributed by atoms with van der Waals surface area (Å²) in [6, 6.07) is 4.89. The molecule has 1 N–H and O–H groups in total. The van der Waals surface area contributed by atoms with Gasteiger partial charge in [0.15, 0.2) is 0 Å². The topological polar surface area (TPSA) is 92.5 Å². The Kier molecular flexibility index (Phi) is 4.42. The molecule has 0 saturated heterocycles. The van der Waals surface area contributed by atoms with Crippen molar-refractivity contribution in [3.05, 3.63) is 41.6 Å². The van der Waals surface area contributed by atoms with Crippen LogP contribution in [0.25, 0.3) is 0 Å². The minimum Gasteiger partial charge on any atom is -0.445 e. The fourth-order valence-corrected chi connectivity index (χ4v) is 3.77. The van der Waals surface area contributed by atoms with Crippen molar-refractivity contribution in [2.45, 2.75) is 38.1 Å². The van der Waals surface area contributed by atoms with Crippen LogP contribution in [-0.4, -0.2) is 25.9 Å². The maximum atomic E-state index is 12.5. The van der Waals surface area contributed by atoms with Gasteiger partial charge in [0.2, 0.25) is 21.8 Å². The molecule has 7 nitrogen and oxygen atoms in total. The molecule has 2 aromatic rings. The molecule has 1 aliphatic heterocycles. The molecule has 8 heteroatoms. The smallest absolute Gasteiger partial charge is 0.241 e. The lowest BCUT2D eigenvalue weighted by Gasteiger charge is -2.29. The highest BCUT2D eigenvalue weighted by atomic mass is 32.2. The molecule has 0 fully saturated rings. The molecular formula is C16H19N3O4S. The number of carbonyl (C=O) groups excluding carboxylic acids is 1. The highest BCUT2D eigenvalue weighted by Crippen LogP contribution is 2.29. The number of benzene rings is 1. The van der Waals surface area contributed by atoms with Crippen molar-refractivity contribution in [1.82, 2.24) is 9.71 Å². The van der Waals surface area contributed by atoms with Crippen LogP contribution in [0.1, 0.15) is 30.6 Å². The van der Waals surface area contributed by atoms with Crippen molar-refractivity contribution in [2.24, 2.45) is 0 Å². The number of carbonyl (C=O) groups is 1. The Balaban J connectivity index is 1.85. The van der Waals surface area contributed by atoms with Gasteiger partial charge >= 0.3 is 0 Å². The number of amides is 1. The average Bonchev–Trinajstić information content (AvgIpc) is 2.97. The zero-order valence-corrected chi connectivity index (χ0v) is 14.4. The first-order valence-corrected chi connectivity index (χ1v) is 9.17. The van der Waals surface area contributed by atoms with Crippen molar-refractivity contribution in [3.8, 4) is 0 Å². The molecule has 0 bridgehead atoms. The highest BCUT2D eigenvalue weighted by molar-refractivity contribution is 7.89. The predicted molar refractivity (Wildman–Crippen MR) is 88.1 cm³/mol. The lowest BCUT2D eigenvalue weighted by Crippen LogP contribution is -2.34. The number of hydrogen-bond donors (Lipinski definition) is 1. The minimum absolute atomic E-state index is 0.0241. The Labute approximate surface area is 140 Å². The molecule has 128 valence electrons. The molecule has 0 unspecified atom stereocenters. The Bertz CT molecular complexity index is 873. The van der Waals surface area contributed by atoms with Gasteiger partial charge in [0, 0.05) is 19.2 Å². The fraction of sp³-hybridized carbons (Fsp3) is 0.375. The third kappa shape index (κ3) is 3.34.